The molecule has 0 N–H and O–H groups in total. The van der Waals surface area contributed by atoms with Crippen molar-refractivity contribution in [2.24, 2.45) is 0 Å². The lowest BCUT2D eigenvalue weighted by Gasteiger charge is -1.96. The van der Waals surface area contributed by atoms with Crippen molar-refractivity contribution in [1.29, 1.82) is 0 Å². The molecule has 0 unspecified atom stereocenters. The van der Waals surface area contributed by atoms with Gasteiger partial charge in [-0.1, -0.05) is 13.8 Å². The van der Waals surface area contributed by atoms with Gasteiger partial charge in [0.1, 0.15) is 5.82 Å². The summed E-state index contributed by atoms with van der Waals surface area (Å²) < 4.78 is 27.0. The van der Waals surface area contributed by atoms with Crippen LogP contribution in [0.1, 0.15) is 25.6 Å². The number of hydrogen-bond donors (Lipinski definition) is 0. The maximum absolute atomic E-state index is 11.5. The third-order valence-corrected chi connectivity index (χ3v) is 4.84. The highest BCUT2D eigenvalue weighted by atomic mass is 35.5. The average Bonchev–Trinajstić information content (AvgIpc) is 2.51. The van der Waals surface area contributed by atoms with Crippen molar-refractivity contribution in [3.63, 3.8) is 0 Å². The molecule has 1 aromatic rings. The molecule has 7 heteroatoms. The molecular formula is C7H11ClN2O2S2. The summed E-state index contributed by atoms with van der Waals surface area (Å²) in [5, 5.41) is 0. The van der Waals surface area contributed by atoms with Gasteiger partial charge in [-0.25, -0.2) is 13.4 Å². The van der Waals surface area contributed by atoms with E-state index in [9.17, 15) is 8.42 Å². The highest BCUT2D eigenvalue weighted by molar-refractivity contribution is 7.93. The van der Waals surface area contributed by atoms with Crippen molar-refractivity contribution in [2.75, 3.05) is 11.6 Å². The van der Waals surface area contributed by atoms with Crippen molar-refractivity contribution in [3.05, 3.63) is 5.82 Å². The molecule has 1 aromatic heterocycles. The molecule has 0 saturated carbocycles. The predicted molar refractivity (Wildman–Crippen MR) is 56.8 cm³/mol. The van der Waals surface area contributed by atoms with Crippen LogP contribution in [0.3, 0.4) is 0 Å². The number of nitrogens with zero attached hydrogens (tertiary/aromatic N) is 2. The highest BCUT2D eigenvalue weighted by Crippen LogP contribution is 2.18. The van der Waals surface area contributed by atoms with Crippen molar-refractivity contribution in [1.82, 2.24) is 9.36 Å². The van der Waals surface area contributed by atoms with Gasteiger partial charge in [-0.05, 0) is 11.5 Å². The monoisotopic (exact) mass is 254 g/mol. The lowest BCUT2D eigenvalue weighted by Crippen LogP contribution is -2.07. The van der Waals surface area contributed by atoms with E-state index >= 15 is 0 Å². The number of rotatable bonds is 4. The summed E-state index contributed by atoms with van der Waals surface area (Å²) >= 11 is 6.30. The minimum Gasteiger partial charge on any atom is -0.221 e. The van der Waals surface area contributed by atoms with Crippen molar-refractivity contribution >= 4 is 33.0 Å². The third kappa shape index (κ3) is 2.65. The van der Waals surface area contributed by atoms with E-state index in [2.05, 4.69) is 9.36 Å². The summed E-state index contributed by atoms with van der Waals surface area (Å²) in [7, 11) is -3.31. The van der Waals surface area contributed by atoms with Gasteiger partial charge in [0, 0.05) is 11.8 Å². The fourth-order valence-corrected chi connectivity index (χ4v) is 3.36. The zero-order valence-electron chi connectivity index (χ0n) is 7.90. The normalized spacial score (nSPS) is 12.3. The van der Waals surface area contributed by atoms with Gasteiger partial charge in [-0.3, -0.25) is 0 Å². The average molecular weight is 255 g/mol. The van der Waals surface area contributed by atoms with E-state index in [-0.39, 0.29) is 21.9 Å². The maximum atomic E-state index is 11.5. The van der Waals surface area contributed by atoms with Gasteiger partial charge in [0.15, 0.2) is 0 Å². The van der Waals surface area contributed by atoms with Crippen LogP contribution in [0, 0.1) is 0 Å². The maximum Gasteiger partial charge on any atom is 0.228 e. The van der Waals surface area contributed by atoms with E-state index in [1.54, 1.807) is 0 Å². The molecule has 0 aliphatic rings. The van der Waals surface area contributed by atoms with Crippen LogP contribution in [0.25, 0.3) is 0 Å². The molecule has 14 heavy (non-hydrogen) atoms. The van der Waals surface area contributed by atoms with Gasteiger partial charge in [0.2, 0.25) is 14.2 Å². The molecule has 0 aliphatic heterocycles. The lowest BCUT2D eigenvalue weighted by molar-refractivity contribution is 0.596. The van der Waals surface area contributed by atoms with Crippen molar-refractivity contribution in [2.45, 2.75) is 24.1 Å². The summed E-state index contributed by atoms with van der Waals surface area (Å²) in [6.45, 7) is 3.83. The topological polar surface area (TPSA) is 59.9 Å². The number of aromatic nitrogens is 2. The summed E-state index contributed by atoms with van der Waals surface area (Å²) in [5.41, 5.74) is 0. The Kier molecular flexibility index (Phi) is 3.86. The molecule has 1 rings (SSSR count). The SMILES string of the molecule is CC(C)c1nsc(S(=O)(=O)CCCl)n1. The zero-order chi connectivity index (χ0) is 10.8. The first-order valence-corrected chi connectivity index (χ1v) is 7.05. The van der Waals surface area contributed by atoms with Gasteiger partial charge in [0.05, 0.1) is 5.75 Å². The molecule has 0 aliphatic carbocycles. The Morgan fingerprint density at radius 1 is 1.50 bits per heavy atom. The van der Waals surface area contributed by atoms with Crippen LogP contribution in [-0.2, 0) is 9.84 Å². The summed E-state index contributed by atoms with van der Waals surface area (Å²) in [6, 6.07) is 0. The minimum absolute atomic E-state index is 0.0712. The van der Waals surface area contributed by atoms with Gasteiger partial charge in [-0.15, -0.1) is 11.6 Å². The van der Waals surface area contributed by atoms with E-state index in [1.165, 1.54) is 0 Å². The molecular weight excluding hydrogens is 244 g/mol. The van der Waals surface area contributed by atoms with Crippen LogP contribution in [-0.4, -0.2) is 29.4 Å². The highest BCUT2D eigenvalue weighted by Gasteiger charge is 2.20. The molecule has 80 valence electrons. The Morgan fingerprint density at radius 3 is 2.57 bits per heavy atom. The first kappa shape index (κ1) is 11.9. The van der Waals surface area contributed by atoms with E-state index in [4.69, 9.17) is 11.6 Å². The van der Waals surface area contributed by atoms with Crippen LogP contribution in [0.4, 0.5) is 0 Å². The minimum atomic E-state index is -3.31. The van der Waals surface area contributed by atoms with Crippen molar-refractivity contribution in [3.8, 4) is 0 Å². The van der Waals surface area contributed by atoms with E-state index in [0.717, 1.165) is 11.5 Å². The van der Waals surface area contributed by atoms with Gasteiger partial charge < -0.3 is 0 Å². The van der Waals surface area contributed by atoms with Crippen LogP contribution in [0.15, 0.2) is 4.34 Å². The van der Waals surface area contributed by atoms with E-state index in [1.807, 2.05) is 13.8 Å². The van der Waals surface area contributed by atoms with E-state index in [0.29, 0.717) is 5.82 Å². The second-order valence-corrected chi connectivity index (χ2v) is 6.49. The second-order valence-electron chi connectivity index (χ2n) is 3.08. The lowest BCUT2D eigenvalue weighted by atomic mass is 10.2. The Bertz CT molecular complexity index is 400. The van der Waals surface area contributed by atoms with Crippen LogP contribution < -0.4 is 0 Å². The fraction of sp³-hybridized carbons (Fsp3) is 0.714. The summed E-state index contributed by atoms with van der Waals surface area (Å²) in [4.78, 5) is 3.96. The zero-order valence-corrected chi connectivity index (χ0v) is 10.3. The Morgan fingerprint density at radius 2 is 2.14 bits per heavy atom. The molecule has 0 fully saturated rings. The molecule has 0 atom stereocenters. The van der Waals surface area contributed by atoms with Crippen LogP contribution in [0.5, 0.6) is 0 Å². The van der Waals surface area contributed by atoms with Gasteiger partial charge in [0.25, 0.3) is 0 Å². The molecule has 0 radical (unpaired) electrons. The smallest absolute Gasteiger partial charge is 0.221 e. The predicted octanol–water partition coefficient (Wildman–Crippen LogP) is 1.67. The first-order chi connectivity index (χ1) is 6.47. The summed E-state index contributed by atoms with van der Waals surface area (Å²) in [6.07, 6.45) is 0. The third-order valence-electron chi connectivity index (χ3n) is 1.55. The number of alkyl halides is 1. The fourth-order valence-electron chi connectivity index (χ4n) is 0.770. The first-order valence-electron chi connectivity index (χ1n) is 4.09. The van der Waals surface area contributed by atoms with Crippen LogP contribution >= 0.6 is 23.1 Å². The Balaban J connectivity index is 2.97. The molecule has 4 nitrogen and oxygen atoms in total. The molecule has 1 heterocycles. The Labute approximate surface area is 92.4 Å². The number of hydrogen-bond acceptors (Lipinski definition) is 5. The molecule has 0 aromatic carbocycles. The number of sulfone groups is 1. The van der Waals surface area contributed by atoms with Gasteiger partial charge in [-0.2, -0.15) is 4.37 Å². The van der Waals surface area contributed by atoms with E-state index < -0.39 is 9.84 Å². The standard InChI is InChI=1S/C7H11ClN2O2S2/c1-5(2)6-9-7(13-10-6)14(11,12)4-3-8/h5H,3-4H2,1-2H3. The van der Waals surface area contributed by atoms with Crippen LogP contribution in [0.2, 0.25) is 0 Å². The largest absolute Gasteiger partial charge is 0.228 e. The molecule has 0 bridgehead atoms. The quantitative estimate of drug-likeness (QED) is 0.767. The Hall–Kier alpha value is -0.200. The number of halogens is 1. The molecule has 0 spiro atoms. The summed E-state index contributed by atoms with van der Waals surface area (Å²) in [5.74, 6) is 0.717. The van der Waals surface area contributed by atoms with Gasteiger partial charge >= 0.3 is 0 Å². The molecule has 0 saturated heterocycles. The molecule has 0 amide bonds. The van der Waals surface area contributed by atoms with Crippen molar-refractivity contribution < 1.29 is 8.42 Å². The second kappa shape index (κ2) is 4.55.